The lowest BCUT2D eigenvalue weighted by molar-refractivity contribution is 0.0937. The minimum Gasteiger partial charge on any atom is -0.360 e. The van der Waals surface area contributed by atoms with Crippen LogP contribution in [0.1, 0.15) is 10.4 Å². The number of nitrogens with one attached hydrogen (secondary N) is 1. The molecule has 2 heterocycles. The van der Waals surface area contributed by atoms with Crippen LogP contribution in [0.5, 0.6) is 0 Å². The van der Waals surface area contributed by atoms with Gasteiger partial charge in [-0.1, -0.05) is 18.2 Å². The van der Waals surface area contributed by atoms with Crippen molar-refractivity contribution in [3.8, 4) is 0 Å². The molecule has 0 unspecified atom stereocenters. The van der Waals surface area contributed by atoms with Crippen molar-refractivity contribution in [3.05, 3.63) is 36.0 Å². The molecular formula is C14H16N2O3S. The number of ketones is 1. The van der Waals surface area contributed by atoms with Crippen molar-refractivity contribution in [2.75, 3.05) is 31.1 Å². The Kier molecular flexibility index (Phi) is 3.35. The van der Waals surface area contributed by atoms with Gasteiger partial charge in [0, 0.05) is 35.8 Å². The maximum atomic E-state index is 12.3. The molecule has 20 heavy (non-hydrogen) atoms. The van der Waals surface area contributed by atoms with Crippen molar-refractivity contribution >= 4 is 26.5 Å². The summed E-state index contributed by atoms with van der Waals surface area (Å²) in [6.07, 6.45) is 1.73. The van der Waals surface area contributed by atoms with Crippen molar-refractivity contribution < 1.29 is 13.2 Å². The second kappa shape index (κ2) is 5.03. The second-order valence-corrected chi connectivity index (χ2v) is 7.40. The number of sulfone groups is 1. The van der Waals surface area contributed by atoms with E-state index in [0.717, 1.165) is 10.9 Å². The van der Waals surface area contributed by atoms with E-state index in [1.165, 1.54) is 0 Å². The lowest BCUT2D eigenvalue weighted by Gasteiger charge is -2.25. The zero-order valence-electron chi connectivity index (χ0n) is 11.0. The van der Waals surface area contributed by atoms with E-state index in [1.54, 1.807) is 6.20 Å². The first-order chi connectivity index (χ1) is 9.55. The lowest BCUT2D eigenvalue weighted by atomic mass is 10.1. The fourth-order valence-corrected chi connectivity index (χ4v) is 3.78. The van der Waals surface area contributed by atoms with Gasteiger partial charge in [0.05, 0.1) is 18.1 Å². The third-order valence-corrected chi connectivity index (χ3v) is 5.30. The number of aromatic nitrogens is 1. The largest absolute Gasteiger partial charge is 0.360 e. The number of fused-ring (bicyclic) bond motifs is 1. The van der Waals surface area contributed by atoms with Crippen LogP contribution >= 0.6 is 0 Å². The van der Waals surface area contributed by atoms with Crippen molar-refractivity contribution in [3.63, 3.8) is 0 Å². The van der Waals surface area contributed by atoms with Crippen LogP contribution < -0.4 is 0 Å². The fourth-order valence-electron chi connectivity index (χ4n) is 2.50. The van der Waals surface area contributed by atoms with Gasteiger partial charge >= 0.3 is 0 Å². The Bertz CT molecular complexity index is 735. The van der Waals surface area contributed by atoms with Crippen molar-refractivity contribution in [2.45, 2.75) is 0 Å². The molecule has 1 N–H and O–H groups in total. The summed E-state index contributed by atoms with van der Waals surface area (Å²) in [4.78, 5) is 17.3. The minimum atomic E-state index is -2.90. The van der Waals surface area contributed by atoms with Gasteiger partial charge in [-0.3, -0.25) is 9.69 Å². The Balaban J connectivity index is 1.74. The molecule has 6 heteroatoms. The number of carbonyl (C=O) groups is 1. The van der Waals surface area contributed by atoms with Crippen molar-refractivity contribution in [2.24, 2.45) is 0 Å². The summed E-state index contributed by atoms with van der Waals surface area (Å²) in [5.74, 6) is 0.323. The highest BCUT2D eigenvalue weighted by Crippen LogP contribution is 2.18. The highest BCUT2D eigenvalue weighted by molar-refractivity contribution is 7.91. The van der Waals surface area contributed by atoms with E-state index < -0.39 is 9.84 Å². The van der Waals surface area contributed by atoms with Gasteiger partial charge in [-0.2, -0.15) is 0 Å². The number of para-hydroxylation sites is 1. The first-order valence-electron chi connectivity index (χ1n) is 6.57. The minimum absolute atomic E-state index is 0.0294. The Hall–Kier alpha value is -1.66. The number of aromatic amines is 1. The van der Waals surface area contributed by atoms with E-state index in [0.29, 0.717) is 18.7 Å². The zero-order valence-corrected chi connectivity index (χ0v) is 11.8. The molecule has 106 valence electrons. The number of benzene rings is 1. The average molecular weight is 292 g/mol. The van der Waals surface area contributed by atoms with Gasteiger partial charge in [0.2, 0.25) is 0 Å². The molecule has 1 aliphatic heterocycles. The number of Topliss-reactive ketones (excluding diaryl/α,β-unsaturated/α-hetero) is 1. The molecule has 1 aromatic heterocycles. The highest BCUT2D eigenvalue weighted by atomic mass is 32.2. The Morgan fingerprint density at radius 3 is 2.65 bits per heavy atom. The summed E-state index contributed by atoms with van der Waals surface area (Å²) in [5.41, 5.74) is 1.62. The molecule has 0 amide bonds. The van der Waals surface area contributed by atoms with E-state index in [2.05, 4.69) is 4.98 Å². The van der Waals surface area contributed by atoms with Crippen LogP contribution in [0, 0.1) is 0 Å². The monoisotopic (exact) mass is 292 g/mol. The number of H-pyrrole nitrogens is 1. The molecule has 0 bridgehead atoms. The number of hydrogen-bond acceptors (Lipinski definition) is 4. The van der Waals surface area contributed by atoms with Crippen LogP contribution in [0.25, 0.3) is 10.9 Å². The zero-order chi connectivity index (χ0) is 14.2. The molecule has 1 fully saturated rings. The van der Waals surface area contributed by atoms with E-state index in [9.17, 15) is 13.2 Å². The summed E-state index contributed by atoms with van der Waals surface area (Å²) in [7, 11) is -2.90. The maximum Gasteiger partial charge on any atom is 0.178 e. The third-order valence-electron chi connectivity index (χ3n) is 3.69. The fraction of sp³-hybridized carbons (Fsp3) is 0.357. The quantitative estimate of drug-likeness (QED) is 0.859. The van der Waals surface area contributed by atoms with Gasteiger partial charge < -0.3 is 4.98 Å². The molecule has 0 aliphatic carbocycles. The Morgan fingerprint density at radius 2 is 1.90 bits per heavy atom. The topological polar surface area (TPSA) is 70.2 Å². The molecule has 3 rings (SSSR count). The highest BCUT2D eigenvalue weighted by Gasteiger charge is 2.24. The van der Waals surface area contributed by atoms with Gasteiger partial charge in [0.15, 0.2) is 15.6 Å². The summed E-state index contributed by atoms with van der Waals surface area (Å²) < 4.78 is 22.7. The standard InChI is InChI=1S/C14H16N2O3S/c17-14(10-16-5-7-20(18,19)8-6-16)12-9-15-13-4-2-1-3-11(12)13/h1-4,9,15H,5-8,10H2. The van der Waals surface area contributed by atoms with Crippen LogP contribution in [0.4, 0.5) is 0 Å². The summed E-state index contributed by atoms with van der Waals surface area (Å²) in [6, 6.07) is 7.67. The predicted molar refractivity (Wildman–Crippen MR) is 77.7 cm³/mol. The second-order valence-electron chi connectivity index (χ2n) is 5.10. The van der Waals surface area contributed by atoms with Crippen molar-refractivity contribution in [1.82, 2.24) is 9.88 Å². The summed E-state index contributed by atoms with van der Waals surface area (Å²) in [5, 5.41) is 0.919. The van der Waals surface area contributed by atoms with Crippen LogP contribution in [0.2, 0.25) is 0 Å². The molecular weight excluding hydrogens is 276 g/mol. The maximum absolute atomic E-state index is 12.3. The van der Waals surface area contributed by atoms with Gasteiger partial charge in [0.25, 0.3) is 0 Å². The van der Waals surface area contributed by atoms with Crippen LogP contribution in [0.3, 0.4) is 0 Å². The number of nitrogens with zero attached hydrogens (tertiary/aromatic N) is 1. The van der Waals surface area contributed by atoms with Crippen LogP contribution in [-0.4, -0.2) is 55.2 Å². The molecule has 1 aliphatic rings. The van der Waals surface area contributed by atoms with Crippen molar-refractivity contribution in [1.29, 1.82) is 0 Å². The molecule has 2 aromatic rings. The predicted octanol–water partition coefficient (Wildman–Crippen LogP) is 1.08. The van der Waals surface area contributed by atoms with Gasteiger partial charge in [-0.15, -0.1) is 0 Å². The van der Waals surface area contributed by atoms with Crippen LogP contribution in [-0.2, 0) is 9.84 Å². The third kappa shape index (κ3) is 2.62. The molecule has 0 radical (unpaired) electrons. The summed E-state index contributed by atoms with van der Waals surface area (Å²) in [6.45, 7) is 1.16. The molecule has 0 spiro atoms. The number of rotatable bonds is 3. The lowest BCUT2D eigenvalue weighted by Crippen LogP contribution is -2.42. The molecule has 1 saturated heterocycles. The first-order valence-corrected chi connectivity index (χ1v) is 8.39. The van der Waals surface area contributed by atoms with Crippen LogP contribution in [0.15, 0.2) is 30.5 Å². The first kappa shape index (κ1) is 13.3. The molecule has 0 saturated carbocycles. The van der Waals surface area contributed by atoms with E-state index >= 15 is 0 Å². The SMILES string of the molecule is O=C(CN1CCS(=O)(=O)CC1)c1c[nH]c2ccccc12. The normalized spacial score (nSPS) is 19.2. The van der Waals surface area contributed by atoms with Gasteiger partial charge in [-0.25, -0.2) is 8.42 Å². The number of carbonyl (C=O) groups excluding carboxylic acids is 1. The van der Waals surface area contributed by atoms with E-state index in [4.69, 9.17) is 0 Å². The van der Waals surface area contributed by atoms with Gasteiger partial charge in [-0.05, 0) is 6.07 Å². The molecule has 1 aromatic carbocycles. The smallest absolute Gasteiger partial charge is 0.178 e. The van der Waals surface area contributed by atoms with Gasteiger partial charge in [0.1, 0.15) is 0 Å². The Labute approximate surface area is 117 Å². The average Bonchev–Trinajstić information content (AvgIpc) is 2.85. The summed E-state index contributed by atoms with van der Waals surface area (Å²) >= 11 is 0. The molecule has 0 atom stereocenters. The van der Waals surface area contributed by atoms with E-state index in [-0.39, 0.29) is 23.8 Å². The Morgan fingerprint density at radius 1 is 1.20 bits per heavy atom. The number of hydrogen-bond donors (Lipinski definition) is 1. The molecule has 5 nitrogen and oxygen atoms in total. The van der Waals surface area contributed by atoms with E-state index in [1.807, 2.05) is 29.2 Å².